The second-order valence-corrected chi connectivity index (χ2v) is 4.03. The van der Waals surface area contributed by atoms with Crippen molar-refractivity contribution in [1.29, 1.82) is 5.26 Å². The van der Waals surface area contributed by atoms with E-state index in [1.54, 1.807) is 12.1 Å². The van der Waals surface area contributed by atoms with E-state index >= 15 is 0 Å². The van der Waals surface area contributed by atoms with E-state index in [0.717, 1.165) is 5.56 Å². The largest absolute Gasteiger partial charge is 0.494 e. The van der Waals surface area contributed by atoms with Crippen molar-refractivity contribution < 1.29 is 13.9 Å². The number of nitriles is 1. The number of hydrogen-bond donors (Lipinski definition) is 0. The molecule has 1 aliphatic heterocycles. The Bertz CT molecular complexity index is 435. The quantitative estimate of drug-likeness (QED) is 0.783. The molecule has 0 amide bonds. The van der Waals surface area contributed by atoms with Crippen LogP contribution in [-0.2, 0) is 11.2 Å². The van der Waals surface area contributed by atoms with Crippen LogP contribution in [0.3, 0.4) is 0 Å². The van der Waals surface area contributed by atoms with Crippen LogP contribution in [0.25, 0.3) is 0 Å². The SMILES string of the molecule is COc1ccc(CC2(C#N)COC2)cc1F. The van der Waals surface area contributed by atoms with Gasteiger partial charge in [0.1, 0.15) is 5.41 Å². The van der Waals surface area contributed by atoms with Crippen molar-refractivity contribution in [2.24, 2.45) is 5.41 Å². The molecule has 3 nitrogen and oxygen atoms in total. The van der Waals surface area contributed by atoms with E-state index in [1.807, 2.05) is 0 Å². The Morgan fingerprint density at radius 2 is 2.31 bits per heavy atom. The van der Waals surface area contributed by atoms with Crippen molar-refractivity contribution in [3.05, 3.63) is 29.6 Å². The highest BCUT2D eigenvalue weighted by molar-refractivity contribution is 5.31. The first kappa shape index (κ1) is 10.9. The summed E-state index contributed by atoms with van der Waals surface area (Å²) in [5.41, 5.74) is 0.323. The second kappa shape index (κ2) is 4.11. The van der Waals surface area contributed by atoms with Gasteiger partial charge in [-0.25, -0.2) is 4.39 Å². The standard InChI is InChI=1S/C12H12FNO2/c1-15-11-3-2-9(4-10(11)13)5-12(6-14)7-16-8-12/h2-4H,5,7-8H2,1H3. The van der Waals surface area contributed by atoms with Crippen molar-refractivity contribution in [2.45, 2.75) is 6.42 Å². The predicted octanol–water partition coefficient (Wildman–Crippen LogP) is 1.92. The lowest BCUT2D eigenvalue weighted by Gasteiger charge is -2.35. The maximum Gasteiger partial charge on any atom is 0.165 e. The van der Waals surface area contributed by atoms with Gasteiger partial charge in [-0.2, -0.15) is 5.26 Å². The fourth-order valence-corrected chi connectivity index (χ4v) is 1.77. The number of benzene rings is 1. The summed E-state index contributed by atoms with van der Waals surface area (Å²) in [4.78, 5) is 0. The Labute approximate surface area is 93.4 Å². The molecular formula is C12H12FNO2. The van der Waals surface area contributed by atoms with E-state index in [-0.39, 0.29) is 5.75 Å². The summed E-state index contributed by atoms with van der Waals surface area (Å²) in [7, 11) is 1.43. The Hall–Kier alpha value is -1.60. The predicted molar refractivity (Wildman–Crippen MR) is 55.5 cm³/mol. The number of methoxy groups -OCH3 is 1. The van der Waals surface area contributed by atoms with Crippen molar-refractivity contribution >= 4 is 0 Å². The molecule has 2 rings (SSSR count). The van der Waals surface area contributed by atoms with Crippen LogP contribution >= 0.6 is 0 Å². The molecule has 1 fully saturated rings. The summed E-state index contributed by atoms with van der Waals surface area (Å²) in [5, 5.41) is 9.02. The van der Waals surface area contributed by atoms with Gasteiger partial charge in [0.2, 0.25) is 0 Å². The average molecular weight is 221 g/mol. The lowest BCUT2D eigenvalue weighted by Crippen LogP contribution is -2.43. The normalized spacial score (nSPS) is 17.3. The van der Waals surface area contributed by atoms with Crippen molar-refractivity contribution in [3.63, 3.8) is 0 Å². The highest BCUT2D eigenvalue weighted by atomic mass is 19.1. The minimum atomic E-state index is -0.471. The summed E-state index contributed by atoms with van der Waals surface area (Å²) >= 11 is 0. The summed E-state index contributed by atoms with van der Waals surface area (Å²) in [5.74, 6) is -0.173. The van der Waals surface area contributed by atoms with Gasteiger partial charge < -0.3 is 9.47 Å². The van der Waals surface area contributed by atoms with Crippen molar-refractivity contribution in [3.8, 4) is 11.8 Å². The minimum Gasteiger partial charge on any atom is -0.494 e. The topological polar surface area (TPSA) is 42.2 Å². The Kier molecular flexibility index (Phi) is 2.80. The fraction of sp³-hybridized carbons (Fsp3) is 0.417. The monoisotopic (exact) mass is 221 g/mol. The molecule has 0 N–H and O–H groups in total. The molecule has 84 valence electrons. The molecule has 1 aromatic carbocycles. The Balaban J connectivity index is 2.17. The summed E-state index contributed by atoms with van der Waals surface area (Å²) in [6, 6.07) is 7.00. The zero-order valence-electron chi connectivity index (χ0n) is 9.00. The molecule has 1 heterocycles. The van der Waals surface area contributed by atoms with Gasteiger partial charge in [0.25, 0.3) is 0 Å². The first-order valence-corrected chi connectivity index (χ1v) is 5.00. The molecule has 4 heteroatoms. The summed E-state index contributed by atoms with van der Waals surface area (Å²) < 4.78 is 23.3. The van der Waals surface area contributed by atoms with Gasteiger partial charge in [0, 0.05) is 0 Å². The van der Waals surface area contributed by atoms with Crippen molar-refractivity contribution in [1.82, 2.24) is 0 Å². The van der Waals surface area contributed by atoms with Crippen LogP contribution in [-0.4, -0.2) is 20.3 Å². The van der Waals surface area contributed by atoms with Crippen LogP contribution in [0.1, 0.15) is 5.56 Å². The minimum absolute atomic E-state index is 0.222. The van der Waals surface area contributed by atoms with Gasteiger partial charge in [0.15, 0.2) is 11.6 Å². The van der Waals surface area contributed by atoms with Gasteiger partial charge >= 0.3 is 0 Å². The van der Waals surface area contributed by atoms with E-state index < -0.39 is 11.2 Å². The second-order valence-electron chi connectivity index (χ2n) is 4.03. The molecule has 0 aromatic heterocycles. The molecule has 1 aromatic rings. The van der Waals surface area contributed by atoms with Gasteiger partial charge in [-0.05, 0) is 24.1 Å². The molecule has 1 saturated heterocycles. The fourth-order valence-electron chi connectivity index (χ4n) is 1.77. The molecule has 0 radical (unpaired) electrons. The zero-order chi connectivity index (χ0) is 11.6. The molecule has 0 aliphatic carbocycles. The van der Waals surface area contributed by atoms with Crippen LogP contribution < -0.4 is 4.74 Å². The summed E-state index contributed by atoms with van der Waals surface area (Å²) in [6.45, 7) is 0.855. The first-order chi connectivity index (χ1) is 7.69. The molecule has 0 atom stereocenters. The lowest BCUT2D eigenvalue weighted by molar-refractivity contribution is -0.0765. The Morgan fingerprint density at radius 1 is 1.56 bits per heavy atom. The highest BCUT2D eigenvalue weighted by Gasteiger charge is 2.39. The third-order valence-corrected chi connectivity index (χ3v) is 2.75. The number of rotatable bonds is 3. The van der Waals surface area contributed by atoms with Crippen molar-refractivity contribution in [2.75, 3.05) is 20.3 Å². The van der Waals surface area contributed by atoms with E-state index in [4.69, 9.17) is 14.7 Å². The molecular weight excluding hydrogens is 209 g/mol. The third-order valence-electron chi connectivity index (χ3n) is 2.75. The molecule has 0 saturated carbocycles. The Morgan fingerprint density at radius 3 is 2.75 bits per heavy atom. The van der Waals surface area contributed by atoms with Gasteiger partial charge in [0.05, 0.1) is 26.4 Å². The number of ether oxygens (including phenoxy) is 2. The molecule has 0 unspecified atom stereocenters. The van der Waals surface area contributed by atoms with Crippen LogP contribution in [0.5, 0.6) is 5.75 Å². The summed E-state index contributed by atoms with van der Waals surface area (Å²) in [6.07, 6.45) is 0.518. The number of nitrogens with zero attached hydrogens (tertiary/aromatic N) is 1. The van der Waals surface area contributed by atoms with E-state index in [1.165, 1.54) is 13.2 Å². The number of halogens is 1. The van der Waals surface area contributed by atoms with Crippen LogP contribution in [0.15, 0.2) is 18.2 Å². The van der Waals surface area contributed by atoms with E-state index in [0.29, 0.717) is 19.6 Å². The van der Waals surface area contributed by atoms with Gasteiger partial charge in [-0.1, -0.05) is 6.07 Å². The maximum absolute atomic E-state index is 13.4. The molecule has 1 aliphatic rings. The smallest absolute Gasteiger partial charge is 0.165 e. The maximum atomic E-state index is 13.4. The van der Waals surface area contributed by atoms with Gasteiger partial charge in [-0.15, -0.1) is 0 Å². The van der Waals surface area contributed by atoms with Crippen LogP contribution in [0.2, 0.25) is 0 Å². The van der Waals surface area contributed by atoms with Crippen LogP contribution in [0, 0.1) is 22.6 Å². The molecule has 16 heavy (non-hydrogen) atoms. The van der Waals surface area contributed by atoms with Crippen LogP contribution in [0.4, 0.5) is 4.39 Å². The molecule has 0 spiro atoms. The lowest BCUT2D eigenvalue weighted by atomic mass is 9.81. The molecule has 0 bridgehead atoms. The van der Waals surface area contributed by atoms with E-state index in [9.17, 15) is 4.39 Å². The average Bonchev–Trinajstić information content (AvgIpc) is 2.24. The highest BCUT2D eigenvalue weighted by Crippen LogP contribution is 2.31. The zero-order valence-corrected chi connectivity index (χ0v) is 9.00. The first-order valence-electron chi connectivity index (χ1n) is 5.00. The van der Waals surface area contributed by atoms with Gasteiger partial charge in [-0.3, -0.25) is 0 Å². The number of hydrogen-bond acceptors (Lipinski definition) is 3. The van der Waals surface area contributed by atoms with E-state index in [2.05, 4.69) is 6.07 Å². The third kappa shape index (κ3) is 1.86.